The summed E-state index contributed by atoms with van der Waals surface area (Å²) in [5.74, 6) is 0.129. The van der Waals surface area contributed by atoms with Gasteiger partial charge in [-0.15, -0.1) is 0 Å². The molecule has 0 aromatic carbocycles. The van der Waals surface area contributed by atoms with Crippen molar-refractivity contribution in [2.75, 3.05) is 6.54 Å². The highest BCUT2D eigenvalue weighted by Crippen LogP contribution is 2.31. The monoisotopic (exact) mass is 341 g/mol. The van der Waals surface area contributed by atoms with Crippen molar-refractivity contribution in [1.82, 2.24) is 0 Å². The van der Waals surface area contributed by atoms with E-state index in [2.05, 4.69) is 44.6 Å². The first-order chi connectivity index (χ1) is 11.3. The fourth-order valence-electron chi connectivity index (χ4n) is 2.34. The number of nitrogens with zero attached hydrogens (tertiary/aromatic N) is 2. The lowest BCUT2D eigenvalue weighted by atomic mass is 9.80. The molecule has 0 heterocycles. The maximum Gasteiger partial charge on any atom is 0.218 e. The first-order valence-corrected chi connectivity index (χ1v) is 9.74. The molecular formula is C19H43N5. The molecule has 144 valence electrons. The van der Waals surface area contributed by atoms with Gasteiger partial charge in [0.2, 0.25) is 5.96 Å². The molecule has 0 aliphatic heterocycles. The fraction of sp³-hybridized carbons (Fsp3) is 0.895. The molecular weight excluding hydrogens is 298 g/mol. The first-order valence-electron chi connectivity index (χ1n) is 9.74. The van der Waals surface area contributed by atoms with Crippen molar-refractivity contribution in [3.05, 3.63) is 0 Å². The van der Waals surface area contributed by atoms with Gasteiger partial charge in [-0.1, -0.05) is 86.0 Å². The molecule has 5 nitrogen and oxygen atoms in total. The van der Waals surface area contributed by atoms with Gasteiger partial charge in [0.05, 0.1) is 0 Å². The molecule has 0 atom stereocenters. The Morgan fingerprint density at radius 2 is 1.33 bits per heavy atom. The summed E-state index contributed by atoms with van der Waals surface area (Å²) < 4.78 is 0. The molecule has 0 fully saturated rings. The Morgan fingerprint density at radius 3 is 1.75 bits per heavy atom. The van der Waals surface area contributed by atoms with Crippen molar-refractivity contribution in [3.63, 3.8) is 0 Å². The third-order valence-electron chi connectivity index (χ3n) is 4.62. The molecule has 0 aliphatic rings. The quantitative estimate of drug-likeness (QED) is 0.292. The van der Waals surface area contributed by atoms with Gasteiger partial charge in [-0.05, 0) is 18.3 Å². The van der Waals surface area contributed by atoms with E-state index in [0.29, 0.717) is 12.0 Å². The Kier molecular flexibility index (Phi) is 17.3. The predicted molar refractivity (Wildman–Crippen MR) is 109 cm³/mol. The average molecular weight is 342 g/mol. The Morgan fingerprint density at radius 1 is 0.792 bits per heavy atom. The van der Waals surface area contributed by atoms with E-state index >= 15 is 0 Å². The number of hydrogen-bond donors (Lipinski definition) is 3. The Bertz CT molecular complexity index is 327. The Balaban J connectivity index is 0. The standard InChI is InChI=1S/C14H31N5.C5H12/c1-4-14(3,5-2)10-8-6-7-9-11-18-13(17)19-12(15)16;1-3-5-4-2/h4-11H2,1-3H3,(H6,15,16,17,18,19);3-5H2,1-2H3. The van der Waals surface area contributed by atoms with Gasteiger partial charge in [0.15, 0.2) is 5.96 Å². The second kappa shape index (κ2) is 16.6. The van der Waals surface area contributed by atoms with Crippen molar-refractivity contribution in [2.24, 2.45) is 32.6 Å². The van der Waals surface area contributed by atoms with Crippen LogP contribution < -0.4 is 17.2 Å². The average Bonchev–Trinajstić information content (AvgIpc) is 2.54. The second-order valence-electron chi connectivity index (χ2n) is 6.81. The molecule has 0 unspecified atom stereocenters. The van der Waals surface area contributed by atoms with Crippen molar-refractivity contribution < 1.29 is 0 Å². The summed E-state index contributed by atoms with van der Waals surface area (Å²) >= 11 is 0. The number of hydrogen-bond acceptors (Lipinski definition) is 1. The zero-order chi connectivity index (χ0) is 18.8. The van der Waals surface area contributed by atoms with Crippen LogP contribution >= 0.6 is 0 Å². The molecule has 0 amide bonds. The number of guanidine groups is 2. The molecule has 0 aromatic heterocycles. The van der Waals surface area contributed by atoms with Gasteiger partial charge in [0.1, 0.15) is 0 Å². The van der Waals surface area contributed by atoms with E-state index in [-0.39, 0.29) is 11.9 Å². The minimum atomic E-state index is -0.0420. The molecule has 6 N–H and O–H groups in total. The van der Waals surface area contributed by atoms with Crippen LogP contribution in [-0.4, -0.2) is 18.5 Å². The smallest absolute Gasteiger partial charge is 0.218 e. The van der Waals surface area contributed by atoms with Crippen LogP contribution in [-0.2, 0) is 0 Å². The van der Waals surface area contributed by atoms with E-state index in [1.54, 1.807) is 0 Å². The maximum absolute atomic E-state index is 5.51. The van der Waals surface area contributed by atoms with E-state index in [9.17, 15) is 0 Å². The van der Waals surface area contributed by atoms with Crippen LogP contribution in [0.5, 0.6) is 0 Å². The lowest BCUT2D eigenvalue weighted by Crippen LogP contribution is -2.26. The van der Waals surface area contributed by atoms with Gasteiger partial charge in [-0.3, -0.25) is 4.99 Å². The van der Waals surface area contributed by atoms with Gasteiger partial charge >= 0.3 is 0 Å². The number of aliphatic imine (C=N–C) groups is 2. The van der Waals surface area contributed by atoms with Crippen LogP contribution in [0.3, 0.4) is 0 Å². The molecule has 0 spiro atoms. The van der Waals surface area contributed by atoms with Gasteiger partial charge in [-0.25, -0.2) is 0 Å². The summed E-state index contributed by atoms with van der Waals surface area (Å²) in [6, 6.07) is 0. The normalized spacial score (nSPS) is 11.6. The van der Waals surface area contributed by atoms with Crippen molar-refractivity contribution in [3.8, 4) is 0 Å². The van der Waals surface area contributed by atoms with E-state index in [0.717, 1.165) is 6.42 Å². The van der Waals surface area contributed by atoms with Gasteiger partial charge < -0.3 is 17.2 Å². The van der Waals surface area contributed by atoms with Crippen LogP contribution in [0, 0.1) is 5.41 Å². The molecule has 0 aromatic rings. The van der Waals surface area contributed by atoms with Crippen LogP contribution in [0.1, 0.15) is 98.8 Å². The molecule has 0 bridgehead atoms. The third-order valence-corrected chi connectivity index (χ3v) is 4.62. The van der Waals surface area contributed by atoms with Crippen molar-refractivity contribution in [1.29, 1.82) is 0 Å². The van der Waals surface area contributed by atoms with E-state index in [1.165, 1.54) is 57.8 Å². The minimum absolute atomic E-state index is 0.0420. The van der Waals surface area contributed by atoms with Crippen molar-refractivity contribution in [2.45, 2.75) is 98.8 Å². The highest BCUT2D eigenvalue weighted by Gasteiger charge is 2.18. The zero-order valence-electron chi connectivity index (χ0n) is 16.9. The van der Waals surface area contributed by atoms with E-state index < -0.39 is 0 Å². The molecule has 0 radical (unpaired) electrons. The third kappa shape index (κ3) is 17.1. The molecule has 24 heavy (non-hydrogen) atoms. The topological polar surface area (TPSA) is 103 Å². The molecule has 0 aliphatic carbocycles. The SMILES string of the molecule is CCC(C)(CC)CCCCCCN=C(N)N=C(N)N.CCCCC. The summed E-state index contributed by atoms with van der Waals surface area (Å²) in [5.41, 5.74) is 16.4. The van der Waals surface area contributed by atoms with Gasteiger partial charge in [-0.2, -0.15) is 4.99 Å². The molecule has 0 rings (SSSR count). The van der Waals surface area contributed by atoms with Crippen molar-refractivity contribution >= 4 is 11.9 Å². The van der Waals surface area contributed by atoms with Crippen LogP contribution in [0.4, 0.5) is 0 Å². The maximum atomic E-state index is 5.51. The summed E-state index contributed by atoms with van der Waals surface area (Å²) in [4.78, 5) is 7.76. The predicted octanol–water partition coefficient (Wildman–Crippen LogP) is 4.55. The lowest BCUT2D eigenvalue weighted by molar-refractivity contribution is 0.262. The summed E-state index contributed by atoms with van der Waals surface area (Å²) in [6.45, 7) is 12.1. The molecule has 0 saturated heterocycles. The van der Waals surface area contributed by atoms with Gasteiger partial charge in [0, 0.05) is 6.54 Å². The Labute approximate surface area is 150 Å². The Hall–Kier alpha value is -1.26. The highest BCUT2D eigenvalue weighted by atomic mass is 15.1. The summed E-state index contributed by atoms with van der Waals surface area (Å²) in [6.07, 6.45) is 12.7. The number of nitrogens with two attached hydrogens (primary N) is 3. The second-order valence-corrected chi connectivity index (χ2v) is 6.81. The van der Waals surface area contributed by atoms with Gasteiger partial charge in [0.25, 0.3) is 0 Å². The van der Waals surface area contributed by atoms with Crippen LogP contribution in [0.25, 0.3) is 0 Å². The minimum Gasteiger partial charge on any atom is -0.370 e. The van der Waals surface area contributed by atoms with Crippen LogP contribution in [0.2, 0.25) is 0 Å². The highest BCUT2D eigenvalue weighted by molar-refractivity contribution is 5.92. The largest absolute Gasteiger partial charge is 0.370 e. The van der Waals surface area contributed by atoms with E-state index in [4.69, 9.17) is 17.2 Å². The van der Waals surface area contributed by atoms with Crippen LogP contribution in [0.15, 0.2) is 9.98 Å². The summed E-state index contributed by atoms with van der Waals surface area (Å²) in [7, 11) is 0. The van der Waals surface area contributed by atoms with E-state index in [1.807, 2.05) is 0 Å². The number of rotatable bonds is 11. The molecule has 5 heteroatoms. The summed E-state index contributed by atoms with van der Waals surface area (Å²) in [5, 5.41) is 0. The fourth-order valence-corrected chi connectivity index (χ4v) is 2.34. The lowest BCUT2D eigenvalue weighted by Gasteiger charge is -2.26. The first kappa shape index (κ1) is 25.0. The zero-order valence-corrected chi connectivity index (χ0v) is 16.9. The number of unbranched alkanes of at least 4 members (excludes halogenated alkanes) is 5. The molecule has 0 saturated carbocycles.